The Labute approximate surface area is 130 Å². The van der Waals surface area contributed by atoms with Crippen molar-refractivity contribution in [2.24, 2.45) is 0 Å². The summed E-state index contributed by atoms with van der Waals surface area (Å²) in [6.07, 6.45) is 7.37. The number of aromatic amines is 1. The Morgan fingerprint density at radius 3 is 2.96 bits per heavy atom. The Bertz CT molecular complexity index is 986. The number of imidazole rings is 1. The molecule has 0 aliphatic carbocycles. The topological polar surface area (TPSA) is 89.6 Å². The van der Waals surface area contributed by atoms with Crippen LogP contribution in [-0.2, 0) is 13.0 Å². The highest BCUT2D eigenvalue weighted by atomic mass is 16.3. The molecule has 0 aliphatic heterocycles. The Morgan fingerprint density at radius 2 is 2.17 bits per heavy atom. The van der Waals surface area contributed by atoms with E-state index in [-0.39, 0.29) is 5.69 Å². The van der Waals surface area contributed by atoms with Gasteiger partial charge in [0.15, 0.2) is 17.1 Å². The van der Waals surface area contributed by atoms with E-state index >= 15 is 0 Å². The number of rotatable bonds is 4. The molecule has 0 saturated heterocycles. The van der Waals surface area contributed by atoms with Gasteiger partial charge in [-0.05, 0) is 30.2 Å². The van der Waals surface area contributed by atoms with E-state index in [4.69, 9.17) is 4.42 Å². The van der Waals surface area contributed by atoms with Crippen molar-refractivity contribution in [2.45, 2.75) is 13.0 Å². The highest BCUT2D eigenvalue weighted by molar-refractivity contribution is 5.69. The van der Waals surface area contributed by atoms with Crippen molar-refractivity contribution in [3.63, 3.8) is 0 Å². The van der Waals surface area contributed by atoms with Gasteiger partial charge in [0.25, 0.3) is 0 Å². The van der Waals surface area contributed by atoms with Crippen LogP contribution in [0.15, 0.2) is 58.3 Å². The summed E-state index contributed by atoms with van der Waals surface area (Å²) >= 11 is 0. The third-order valence-corrected chi connectivity index (χ3v) is 3.60. The van der Waals surface area contributed by atoms with Crippen LogP contribution in [0.1, 0.15) is 5.56 Å². The Morgan fingerprint density at radius 1 is 1.22 bits per heavy atom. The molecule has 1 N–H and O–H groups in total. The number of pyridine rings is 1. The standard InChI is InChI=1S/C16H13N5O2/c22-16-20-14-15(19-12(10-18-14)13-4-2-8-23-13)21(16)7-5-11-3-1-6-17-9-11/h1-4,6,8-10H,5,7H2,(H,18,20,22). The normalized spacial score (nSPS) is 11.1. The van der Waals surface area contributed by atoms with E-state index in [1.165, 1.54) is 0 Å². The summed E-state index contributed by atoms with van der Waals surface area (Å²) in [5.74, 6) is 0.617. The first-order valence-electron chi connectivity index (χ1n) is 7.19. The molecule has 4 heterocycles. The number of nitrogens with one attached hydrogen (secondary N) is 1. The summed E-state index contributed by atoms with van der Waals surface area (Å²) in [4.78, 5) is 27.7. The SMILES string of the molecule is O=c1[nH]c2ncc(-c3ccco3)nc2n1CCc1cccnc1. The molecular formula is C16H13N5O2. The highest BCUT2D eigenvalue weighted by Crippen LogP contribution is 2.18. The molecule has 0 unspecified atom stereocenters. The number of hydrogen-bond donors (Lipinski definition) is 1. The van der Waals surface area contributed by atoms with Gasteiger partial charge in [-0.1, -0.05) is 6.07 Å². The molecule has 0 amide bonds. The molecule has 4 aromatic heterocycles. The quantitative estimate of drug-likeness (QED) is 0.623. The molecule has 114 valence electrons. The summed E-state index contributed by atoms with van der Waals surface area (Å²) < 4.78 is 6.92. The van der Waals surface area contributed by atoms with Crippen LogP contribution in [0.4, 0.5) is 0 Å². The van der Waals surface area contributed by atoms with Gasteiger partial charge in [0.05, 0.1) is 12.5 Å². The van der Waals surface area contributed by atoms with Crippen LogP contribution >= 0.6 is 0 Å². The van der Waals surface area contributed by atoms with Crippen LogP contribution in [0, 0.1) is 0 Å². The number of aromatic nitrogens is 5. The van der Waals surface area contributed by atoms with Crippen molar-refractivity contribution in [1.29, 1.82) is 0 Å². The smallest absolute Gasteiger partial charge is 0.328 e. The van der Waals surface area contributed by atoms with Gasteiger partial charge in [-0.2, -0.15) is 0 Å². The van der Waals surface area contributed by atoms with Crippen LogP contribution in [0.2, 0.25) is 0 Å². The maximum Gasteiger partial charge on any atom is 0.328 e. The fourth-order valence-electron chi connectivity index (χ4n) is 2.46. The number of nitrogens with zero attached hydrogens (tertiary/aromatic N) is 4. The van der Waals surface area contributed by atoms with E-state index in [0.717, 1.165) is 5.56 Å². The van der Waals surface area contributed by atoms with Crippen molar-refractivity contribution < 1.29 is 4.42 Å². The zero-order chi connectivity index (χ0) is 15.6. The largest absolute Gasteiger partial charge is 0.463 e. The van der Waals surface area contributed by atoms with E-state index in [2.05, 4.69) is 19.9 Å². The molecule has 0 fully saturated rings. The first kappa shape index (κ1) is 13.4. The monoisotopic (exact) mass is 307 g/mol. The number of furan rings is 1. The Kier molecular flexibility index (Phi) is 3.23. The zero-order valence-electron chi connectivity index (χ0n) is 12.1. The Hall–Kier alpha value is -3.22. The van der Waals surface area contributed by atoms with Crippen molar-refractivity contribution in [1.82, 2.24) is 24.5 Å². The highest BCUT2D eigenvalue weighted by Gasteiger charge is 2.12. The first-order valence-corrected chi connectivity index (χ1v) is 7.19. The summed E-state index contributed by atoms with van der Waals surface area (Å²) in [6.45, 7) is 0.501. The minimum absolute atomic E-state index is 0.222. The Balaban J connectivity index is 1.72. The molecule has 0 bridgehead atoms. The van der Waals surface area contributed by atoms with Gasteiger partial charge in [-0.3, -0.25) is 14.5 Å². The van der Waals surface area contributed by atoms with Gasteiger partial charge in [-0.15, -0.1) is 0 Å². The number of H-pyrrole nitrogens is 1. The van der Waals surface area contributed by atoms with Gasteiger partial charge in [0, 0.05) is 18.9 Å². The van der Waals surface area contributed by atoms with E-state index in [1.54, 1.807) is 41.6 Å². The van der Waals surface area contributed by atoms with E-state index in [1.807, 2.05) is 12.1 Å². The lowest BCUT2D eigenvalue weighted by Gasteiger charge is -2.03. The molecule has 0 radical (unpaired) electrons. The average Bonchev–Trinajstić information content (AvgIpc) is 3.21. The van der Waals surface area contributed by atoms with Crippen molar-refractivity contribution in [3.8, 4) is 11.5 Å². The van der Waals surface area contributed by atoms with Crippen molar-refractivity contribution in [2.75, 3.05) is 0 Å². The van der Waals surface area contributed by atoms with Crippen LogP contribution in [0.5, 0.6) is 0 Å². The maximum absolute atomic E-state index is 12.1. The maximum atomic E-state index is 12.1. The number of hydrogen-bond acceptors (Lipinski definition) is 5. The lowest BCUT2D eigenvalue weighted by atomic mass is 10.2. The average molecular weight is 307 g/mol. The molecule has 0 spiro atoms. The van der Waals surface area contributed by atoms with Crippen molar-refractivity contribution in [3.05, 3.63) is 65.2 Å². The molecular weight excluding hydrogens is 294 g/mol. The molecule has 7 nitrogen and oxygen atoms in total. The van der Waals surface area contributed by atoms with Crippen LogP contribution < -0.4 is 5.69 Å². The van der Waals surface area contributed by atoms with E-state index < -0.39 is 0 Å². The van der Waals surface area contributed by atoms with Gasteiger partial charge in [0.1, 0.15) is 5.69 Å². The number of aryl methyl sites for hydroxylation is 2. The number of fused-ring (bicyclic) bond motifs is 1. The minimum atomic E-state index is -0.222. The molecule has 4 rings (SSSR count). The molecule has 0 aliphatic rings. The van der Waals surface area contributed by atoms with Crippen LogP contribution in [0.25, 0.3) is 22.7 Å². The van der Waals surface area contributed by atoms with E-state index in [0.29, 0.717) is 35.7 Å². The first-order chi connectivity index (χ1) is 11.3. The fraction of sp³-hybridized carbons (Fsp3) is 0.125. The third kappa shape index (κ3) is 2.52. The predicted molar refractivity (Wildman–Crippen MR) is 83.8 cm³/mol. The van der Waals surface area contributed by atoms with E-state index in [9.17, 15) is 4.79 Å². The minimum Gasteiger partial charge on any atom is -0.463 e. The second-order valence-corrected chi connectivity index (χ2v) is 5.10. The van der Waals surface area contributed by atoms with Gasteiger partial charge in [0.2, 0.25) is 0 Å². The summed E-state index contributed by atoms with van der Waals surface area (Å²) in [5.41, 5.74) is 2.42. The molecule has 23 heavy (non-hydrogen) atoms. The van der Waals surface area contributed by atoms with Gasteiger partial charge >= 0.3 is 5.69 Å². The van der Waals surface area contributed by atoms with Crippen molar-refractivity contribution >= 4 is 11.3 Å². The molecule has 4 aromatic rings. The second kappa shape index (κ2) is 5.53. The molecule has 0 atom stereocenters. The predicted octanol–water partition coefficient (Wildman–Crippen LogP) is 2.02. The van der Waals surface area contributed by atoms with Crippen LogP contribution in [-0.4, -0.2) is 24.5 Å². The lowest BCUT2D eigenvalue weighted by molar-refractivity contribution is 0.579. The fourth-order valence-corrected chi connectivity index (χ4v) is 2.46. The van der Waals surface area contributed by atoms with Crippen LogP contribution in [0.3, 0.4) is 0 Å². The third-order valence-electron chi connectivity index (χ3n) is 3.60. The molecule has 7 heteroatoms. The zero-order valence-corrected chi connectivity index (χ0v) is 12.1. The second-order valence-electron chi connectivity index (χ2n) is 5.10. The summed E-state index contributed by atoms with van der Waals surface area (Å²) in [6, 6.07) is 7.45. The summed E-state index contributed by atoms with van der Waals surface area (Å²) in [7, 11) is 0. The van der Waals surface area contributed by atoms with Gasteiger partial charge < -0.3 is 4.42 Å². The summed E-state index contributed by atoms with van der Waals surface area (Å²) in [5, 5.41) is 0. The molecule has 0 aromatic carbocycles. The molecule has 0 saturated carbocycles. The lowest BCUT2D eigenvalue weighted by Crippen LogP contribution is -2.18. The van der Waals surface area contributed by atoms with Gasteiger partial charge in [-0.25, -0.2) is 14.8 Å².